The Morgan fingerprint density at radius 2 is 2.05 bits per heavy atom. The lowest BCUT2D eigenvalue weighted by atomic mass is 9.85. The standard InChI is InChI=1S/C16H25NO3/c1-11-6-7-14(12(10-11)16(2,3)4)20-9-8-13(17-5)15(18)19/h6-7,10,13,17H,8-9H2,1-5H3,(H,18,19). The van der Waals surface area contributed by atoms with Crippen molar-refractivity contribution in [1.82, 2.24) is 5.32 Å². The van der Waals surface area contributed by atoms with Gasteiger partial charge in [0.1, 0.15) is 11.8 Å². The Hall–Kier alpha value is -1.55. The largest absolute Gasteiger partial charge is 0.493 e. The van der Waals surface area contributed by atoms with Crippen LogP contribution in [-0.2, 0) is 10.2 Å². The van der Waals surface area contributed by atoms with E-state index in [1.54, 1.807) is 7.05 Å². The molecule has 0 amide bonds. The fourth-order valence-corrected chi connectivity index (χ4v) is 2.03. The molecule has 0 saturated carbocycles. The van der Waals surface area contributed by atoms with Gasteiger partial charge in [-0.15, -0.1) is 0 Å². The molecule has 0 aliphatic heterocycles. The Balaban J connectivity index is 2.76. The molecule has 0 bridgehead atoms. The third-order valence-electron chi connectivity index (χ3n) is 3.25. The molecule has 0 aromatic heterocycles. The van der Waals surface area contributed by atoms with Crippen LogP contribution in [0.3, 0.4) is 0 Å². The van der Waals surface area contributed by atoms with Gasteiger partial charge >= 0.3 is 5.97 Å². The van der Waals surface area contributed by atoms with E-state index in [9.17, 15) is 4.79 Å². The predicted molar refractivity (Wildman–Crippen MR) is 80.5 cm³/mol. The Morgan fingerprint density at radius 1 is 1.40 bits per heavy atom. The van der Waals surface area contributed by atoms with Crippen LogP contribution in [0.2, 0.25) is 0 Å². The third-order valence-corrected chi connectivity index (χ3v) is 3.25. The number of benzene rings is 1. The first kappa shape index (κ1) is 16.5. The molecule has 20 heavy (non-hydrogen) atoms. The summed E-state index contributed by atoms with van der Waals surface area (Å²) < 4.78 is 5.80. The van der Waals surface area contributed by atoms with Crippen LogP contribution in [0.4, 0.5) is 0 Å². The molecule has 4 nitrogen and oxygen atoms in total. The second-order valence-corrected chi connectivity index (χ2v) is 6.07. The first-order valence-electron chi connectivity index (χ1n) is 6.89. The van der Waals surface area contributed by atoms with Crippen molar-refractivity contribution >= 4 is 5.97 Å². The molecule has 112 valence electrons. The van der Waals surface area contributed by atoms with Crippen molar-refractivity contribution in [3.8, 4) is 5.75 Å². The Labute approximate surface area is 121 Å². The summed E-state index contributed by atoms with van der Waals surface area (Å²) in [7, 11) is 1.64. The van der Waals surface area contributed by atoms with Crippen molar-refractivity contribution in [2.24, 2.45) is 0 Å². The van der Waals surface area contributed by atoms with Crippen molar-refractivity contribution in [2.75, 3.05) is 13.7 Å². The highest BCUT2D eigenvalue weighted by Gasteiger charge is 2.20. The summed E-state index contributed by atoms with van der Waals surface area (Å²) in [6.07, 6.45) is 0.434. The van der Waals surface area contributed by atoms with Gasteiger partial charge in [0.25, 0.3) is 0 Å². The normalized spacial score (nSPS) is 13.1. The highest BCUT2D eigenvalue weighted by atomic mass is 16.5. The molecule has 1 unspecified atom stereocenters. The summed E-state index contributed by atoms with van der Waals surface area (Å²) in [6.45, 7) is 8.86. The van der Waals surface area contributed by atoms with Crippen LogP contribution >= 0.6 is 0 Å². The van der Waals surface area contributed by atoms with Gasteiger partial charge in [0, 0.05) is 6.42 Å². The van der Waals surface area contributed by atoms with E-state index in [4.69, 9.17) is 9.84 Å². The minimum atomic E-state index is -0.851. The number of carboxylic acid groups (broad SMARTS) is 1. The Kier molecular flexibility index (Phi) is 5.57. The van der Waals surface area contributed by atoms with E-state index in [1.807, 2.05) is 12.1 Å². The lowest BCUT2D eigenvalue weighted by Gasteiger charge is -2.23. The average molecular weight is 279 g/mol. The molecule has 0 aliphatic rings. The molecule has 0 saturated heterocycles. The van der Waals surface area contributed by atoms with E-state index in [0.717, 1.165) is 11.3 Å². The lowest BCUT2D eigenvalue weighted by molar-refractivity contribution is -0.139. The van der Waals surface area contributed by atoms with Crippen LogP contribution in [-0.4, -0.2) is 30.8 Å². The van der Waals surface area contributed by atoms with E-state index in [-0.39, 0.29) is 5.41 Å². The zero-order valence-electron chi connectivity index (χ0n) is 13.0. The van der Waals surface area contributed by atoms with Crippen molar-refractivity contribution in [3.05, 3.63) is 29.3 Å². The van der Waals surface area contributed by atoms with Crippen molar-refractivity contribution in [2.45, 2.75) is 45.6 Å². The highest BCUT2D eigenvalue weighted by molar-refractivity contribution is 5.73. The molecule has 0 aliphatic carbocycles. The van der Waals surface area contributed by atoms with Crippen LogP contribution in [0.15, 0.2) is 18.2 Å². The van der Waals surface area contributed by atoms with Gasteiger partial charge in [-0.1, -0.05) is 38.5 Å². The van der Waals surface area contributed by atoms with Gasteiger partial charge in [0.15, 0.2) is 0 Å². The van der Waals surface area contributed by atoms with Crippen LogP contribution in [0, 0.1) is 6.92 Å². The van der Waals surface area contributed by atoms with Gasteiger partial charge in [0.2, 0.25) is 0 Å². The van der Waals surface area contributed by atoms with E-state index in [1.165, 1.54) is 5.56 Å². The van der Waals surface area contributed by atoms with Crippen LogP contribution < -0.4 is 10.1 Å². The maximum atomic E-state index is 10.9. The SMILES string of the molecule is CNC(CCOc1ccc(C)cc1C(C)(C)C)C(=O)O. The van der Waals surface area contributed by atoms with Crippen molar-refractivity contribution in [3.63, 3.8) is 0 Å². The molecule has 1 aromatic carbocycles. The second-order valence-electron chi connectivity index (χ2n) is 6.07. The highest BCUT2D eigenvalue weighted by Crippen LogP contribution is 2.32. The minimum absolute atomic E-state index is 0.00341. The van der Waals surface area contributed by atoms with Crippen molar-refractivity contribution in [1.29, 1.82) is 0 Å². The zero-order chi connectivity index (χ0) is 15.3. The third kappa shape index (κ3) is 4.53. The maximum Gasteiger partial charge on any atom is 0.320 e. The first-order chi connectivity index (χ1) is 9.25. The van der Waals surface area contributed by atoms with E-state index in [2.05, 4.69) is 39.1 Å². The zero-order valence-corrected chi connectivity index (χ0v) is 13.0. The van der Waals surface area contributed by atoms with Gasteiger partial charge in [-0.05, 0) is 31.0 Å². The van der Waals surface area contributed by atoms with Gasteiger partial charge in [-0.2, -0.15) is 0 Å². The van der Waals surface area contributed by atoms with Crippen LogP contribution in [0.25, 0.3) is 0 Å². The maximum absolute atomic E-state index is 10.9. The summed E-state index contributed by atoms with van der Waals surface area (Å²) in [6, 6.07) is 5.53. The number of rotatable bonds is 6. The molecular weight excluding hydrogens is 254 g/mol. The molecule has 0 spiro atoms. The summed E-state index contributed by atoms with van der Waals surface area (Å²) in [5.41, 5.74) is 2.34. The summed E-state index contributed by atoms with van der Waals surface area (Å²) in [4.78, 5) is 10.9. The summed E-state index contributed by atoms with van der Waals surface area (Å²) in [5.74, 6) is -0.0145. The number of carboxylic acids is 1. The van der Waals surface area contributed by atoms with Gasteiger partial charge in [0.05, 0.1) is 6.61 Å². The number of aliphatic carboxylic acids is 1. The van der Waals surface area contributed by atoms with E-state index < -0.39 is 12.0 Å². The number of nitrogens with one attached hydrogen (secondary N) is 1. The molecular formula is C16H25NO3. The lowest BCUT2D eigenvalue weighted by Crippen LogP contribution is -2.35. The number of carbonyl (C=O) groups is 1. The fourth-order valence-electron chi connectivity index (χ4n) is 2.03. The molecule has 0 fully saturated rings. The van der Waals surface area contributed by atoms with Gasteiger partial charge < -0.3 is 15.2 Å². The quantitative estimate of drug-likeness (QED) is 0.840. The summed E-state index contributed by atoms with van der Waals surface area (Å²) in [5, 5.41) is 11.7. The second kappa shape index (κ2) is 6.75. The Bertz CT molecular complexity index is 463. The van der Waals surface area contributed by atoms with E-state index >= 15 is 0 Å². The van der Waals surface area contributed by atoms with Crippen molar-refractivity contribution < 1.29 is 14.6 Å². The minimum Gasteiger partial charge on any atom is -0.493 e. The number of hydrogen-bond acceptors (Lipinski definition) is 3. The topological polar surface area (TPSA) is 58.6 Å². The number of aryl methyl sites for hydroxylation is 1. The summed E-state index contributed by atoms with van der Waals surface area (Å²) >= 11 is 0. The molecule has 2 N–H and O–H groups in total. The van der Waals surface area contributed by atoms with Gasteiger partial charge in [-0.3, -0.25) is 4.79 Å². The fraction of sp³-hybridized carbons (Fsp3) is 0.562. The predicted octanol–water partition coefficient (Wildman–Crippen LogP) is 2.73. The average Bonchev–Trinajstić information content (AvgIpc) is 2.34. The van der Waals surface area contributed by atoms with E-state index in [0.29, 0.717) is 13.0 Å². The molecule has 1 rings (SSSR count). The Morgan fingerprint density at radius 3 is 2.55 bits per heavy atom. The molecule has 4 heteroatoms. The first-order valence-corrected chi connectivity index (χ1v) is 6.89. The molecule has 0 radical (unpaired) electrons. The smallest absolute Gasteiger partial charge is 0.320 e. The number of ether oxygens (including phenoxy) is 1. The molecule has 1 aromatic rings. The van der Waals surface area contributed by atoms with Crippen LogP contribution in [0.1, 0.15) is 38.3 Å². The van der Waals surface area contributed by atoms with Crippen LogP contribution in [0.5, 0.6) is 5.75 Å². The molecule has 0 heterocycles. The molecule has 1 atom stereocenters. The number of hydrogen-bond donors (Lipinski definition) is 2. The van der Waals surface area contributed by atoms with Gasteiger partial charge in [-0.25, -0.2) is 0 Å². The monoisotopic (exact) mass is 279 g/mol. The number of likely N-dealkylation sites (N-methyl/N-ethyl adjacent to an activating group) is 1.